The Morgan fingerprint density at radius 1 is 0.985 bits per heavy atom. The Kier molecular flexibility index (Phi) is 17.3. The predicted molar refractivity (Wildman–Crippen MR) is 243 cm³/mol. The van der Waals surface area contributed by atoms with Gasteiger partial charge in [0.2, 0.25) is 23.3 Å². The van der Waals surface area contributed by atoms with Crippen LogP contribution in [0, 0.1) is 0 Å². The summed E-state index contributed by atoms with van der Waals surface area (Å²) < 4.78 is 34.0. The minimum atomic E-state index is -2.01. The Bertz CT molecular complexity index is 2580. The number of fused-ring (bicyclic) bond motifs is 5. The van der Waals surface area contributed by atoms with Gasteiger partial charge in [0.25, 0.3) is 5.56 Å². The van der Waals surface area contributed by atoms with E-state index in [0.717, 1.165) is 41.5 Å². The molecule has 6 rings (SSSR count). The van der Waals surface area contributed by atoms with Crippen LogP contribution in [-0.4, -0.2) is 105 Å². The lowest BCUT2D eigenvalue weighted by Gasteiger charge is -2.32. The zero-order chi connectivity index (χ0) is 47.9. The van der Waals surface area contributed by atoms with E-state index in [2.05, 4.69) is 31.3 Å². The second-order valence-electron chi connectivity index (χ2n) is 15.8. The van der Waals surface area contributed by atoms with Crippen LogP contribution in [0.4, 0.5) is 10.5 Å². The standard InChI is InChI=1S/C46H55N9O12/c1-5-31-32-21-30(62-4)14-15-36(32)53-41-33(31)23-55-38(41)22-35-34(43(55)59)25-65-44(60)46(35,3)67-45(61)66-24-28-10-12-29(13-11-28)51-42(58)37(9-7-8-16-48-6-2)52-40(57)27-64-26-39(56)49-17-19-63-20-18-50-54-47/h10-15,21-22,37,48H,5-9,16-20,23-27H2,1-4H3,(H,49,56)(H,51,58)(H,52,57). The number of carbonyl (C=O) groups is 5. The molecular weight excluding hydrogens is 871 g/mol. The lowest BCUT2D eigenvalue weighted by atomic mass is 9.89. The molecule has 0 saturated heterocycles. The third-order valence-corrected chi connectivity index (χ3v) is 11.3. The zero-order valence-corrected chi connectivity index (χ0v) is 37.9. The first-order chi connectivity index (χ1) is 32.4. The van der Waals surface area contributed by atoms with Gasteiger partial charge in [-0.2, -0.15) is 0 Å². The molecule has 2 aliphatic rings. The molecule has 0 spiro atoms. The molecule has 0 bridgehead atoms. The van der Waals surface area contributed by atoms with Crippen LogP contribution in [0.5, 0.6) is 5.75 Å². The van der Waals surface area contributed by atoms with E-state index in [-0.39, 0.29) is 69.4 Å². The average Bonchev–Trinajstić information content (AvgIpc) is 3.69. The van der Waals surface area contributed by atoms with Crippen molar-refractivity contribution in [1.29, 1.82) is 0 Å². The average molecular weight is 926 g/mol. The summed E-state index contributed by atoms with van der Waals surface area (Å²) in [7, 11) is 1.60. The maximum Gasteiger partial charge on any atom is 0.510 e. The number of aryl methyl sites for hydroxylation is 1. The maximum absolute atomic E-state index is 14.0. The van der Waals surface area contributed by atoms with Gasteiger partial charge in [0.1, 0.15) is 38.2 Å². The maximum atomic E-state index is 14.0. The highest BCUT2D eigenvalue weighted by Gasteiger charge is 2.48. The van der Waals surface area contributed by atoms with E-state index in [0.29, 0.717) is 47.7 Å². The largest absolute Gasteiger partial charge is 0.510 e. The number of hydrogen-bond donors (Lipinski definition) is 4. The van der Waals surface area contributed by atoms with E-state index in [4.69, 9.17) is 38.9 Å². The fraction of sp³-hybridized carbons (Fsp3) is 0.457. The van der Waals surface area contributed by atoms with Crippen molar-refractivity contribution < 1.29 is 52.4 Å². The number of carbonyl (C=O) groups excluding carboxylic acids is 5. The van der Waals surface area contributed by atoms with Crippen LogP contribution in [-0.2, 0) is 74.6 Å². The molecule has 2 aromatic heterocycles. The molecule has 0 saturated carbocycles. The Morgan fingerprint density at radius 3 is 2.52 bits per heavy atom. The van der Waals surface area contributed by atoms with Crippen LogP contribution in [0.15, 0.2) is 58.4 Å². The third kappa shape index (κ3) is 12.2. The van der Waals surface area contributed by atoms with E-state index in [9.17, 15) is 28.8 Å². The summed E-state index contributed by atoms with van der Waals surface area (Å²) in [6, 6.07) is 12.8. The van der Waals surface area contributed by atoms with Crippen LogP contribution < -0.4 is 31.6 Å². The molecule has 4 aromatic rings. The molecule has 0 aliphatic carbocycles. The lowest BCUT2D eigenvalue weighted by Crippen LogP contribution is -2.45. The van der Waals surface area contributed by atoms with Crippen LogP contribution in [0.1, 0.15) is 67.9 Å². The highest BCUT2D eigenvalue weighted by atomic mass is 16.7. The summed E-state index contributed by atoms with van der Waals surface area (Å²) in [5, 5.41) is 15.6. The van der Waals surface area contributed by atoms with Crippen LogP contribution in [0.25, 0.3) is 32.7 Å². The Labute approximate surface area is 385 Å². The molecule has 67 heavy (non-hydrogen) atoms. The van der Waals surface area contributed by atoms with Crippen molar-refractivity contribution in [3.8, 4) is 17.1 Å². The fourth-order valence-electron chi connectivity index (χ4n) is 7.84. The molecule has 0 fully saturated rings. The number of rotatable bonds is 24. The number of azide groups is 1. The second kappa shape index (κ2) is 23.4. The lowest BCUT2D eigenvalue weighted by molar-refractivity contribution is -0.172. The van der Waals surface area contributed by atoms with Crippen molar-refractivity contribution in [2.24, 2.45) is 5.11 Å². The number of benzene rings is 2. The fourth-order valence-corrected chi connectivity index (χ4v) is 7.84. The van der Waals surface area contributed by atoms with Gasteiger partial charge in [-0.3, -0.25) is 19.2 Å². The molecule has 2 atom stereocenters. The molecule has 2 aliphatic heterocycles. The van der Waals surface area contributed by atoms with Gasteiger partial charge in [0.05, 0.1) is 49.3 Å². The van der Waals surface area contributed by atoms with Crippen LogP contribution in [0.3, 0.4) is 0 Å². The van der Waals surface area contributed by atoms with E-state index < -0.39 is 48.1 Å². The molecule has 2 unspecified atom stereocenters. The van der Waals surface area contributed by atoms with Gasteiger partial charge in [-0.15, -0.1) is 0 Å². The van der Waals surface area contributed by atoms with Crippen LogP contribution >= 0.6 is 0 Å². The highest BCUT2D eigenvalue weighted by molar-refractivity contribution is 5.97. The summed E-state index contributed by atoms with van der Waals surface area (Å²) in [5.74, 6) is -1.70. The summed E-state index contributed by atoms with van der Waals surface area (Å²) in [5.41, 5.74) is 10.9. The predicted octanol–water partition coefficient (Wildman–Crippen LogP) is 4.28. The number of amides is 3. The number of esters is 1. The number of pyridine rings is 2. The smallest absolute Gasteiger partial charge is 0.497 e. The van der Waals surface area contributed by atoms with E-state index in [1.54, 1.807) is 42.0 Å². The molecular formula is C46H55N9O12. The summed E-state index contributed by atoms with van der Waals surface area (Å²) in [6.45, 7) is 6.59. The Balaban J connectivity index is 1.04. The molecule has 21 nitrogen and oxygen atoms in total. The number of cyclic esters (lactones) is 1. The van der Waals surface area contributed by atoms with Crippen LogP contribution in [0.2, 0.25) is 0 Å². The number of unbranched alkanes of at least 4 members (excludes halogenated alkanes) is 1. The van der Waals surface area contributed by atoms with Crippen molar-refractivity contribution in [2.75, 3.05) is 65.0 Å². The number of anilines is 1. The summed E-state index contributed by atoms with van der Waals surface area (Å²) >= 11 is 0. The molecule has 3 amide bonds. The number of nitrogens with zero attached hydrogens (tertiary/aromatic N) is 5. The zero-order valence-electron chi connectivity index (χ0n) is 37.9. The summed E-state index contributed by atoms with van der Waals surface area (Å²) in [4.78, 5) is 86.5. The van der Waals surface area contributed by atoms with Gasteiger partial charge in [0, 0.05) is 40.2 Å². The SMILES string of the molecule is CCNCCCCC(NC(=O)COCC(=O)NCCOCCN=[N+]=[N-])C(=O)Nc1ccc(COC(=O)OC2(C)C(=O)OCc3c2cc2n(c3=O)Cc3c-2nc2ccc(OC)cc2c3CC)cc1. The van der Waals surface area contributed by atoms with Gasteiger partial charge < -0.3 is 54.3 Å². The topological polar surface area (TPSA) is 272 Å². The van der Waals surface area contributed by atoms with E-state index >= 15 is 0 Å². The normalized spacial score (nSPS) is 15.0. The molecule has 0 radical (unpaired) electrons. The van der Waals surface area contributed by atoms with Gasteiger partial charge in [-0.25, -0.2) is 14.6 Å². The minimum absolute atomic E-state index is 0.178. The minimum Gasteiger partial charge on any atom is -0.497 e. The monoisotopic (exact) mass is 925 g/mol. The van der Waals surface area contributed by atoms with Gasteiger partial charge in [-0.05, 0) is 98.8 Å². The molecule has 4 heterocycles. The third-order valence-electron chi connectivity index (χ3n) is 11.3. The van der Waals surface area contributed by atoms with Gasteiger partial charge >= 0.3 is 12.1 Å². The number of nitrogens with one attached hydrogen (secondary N) is 4. The first kappa shape index (κ1) is 49.4. The quantitative estimate of drug-likeness (QED) is 0.0221. The first-order valence-electron chi connectivity index (χ1n) is 22.0. The molecule has 2 aromatic carbocycles. The van der Waals surface area contributed by atoms with E-state index in [1.165, 1.54) is 6.92 Å². The van der Waals surface area contributed by atoms with Crippen molar-refractivity contribution >= 4 is 46.4 Å². The number of aromatic nitrogens is 2. The number of ether oxygens (including phenoxy) is 6. The number of hydrogen-bond acceptors (Lipinski definition) is 15. The summed E-state index contributed by atoms with van der Waals surface area (Å²) in [6.07, 6.45) is 1.23. The second-order valence-corrected chi connectivity index (χ2v) is 15.8. The Hall–Kier alpha value is -7.06. The molecule has 356 valence electrons. The van der Waals surface area contributed by atoms with Crippen molar-refractivity contribution in [2.45, 2.75) is 77.9 Å². The van der Waals surface area contributed by atoms with Crippen molar-refractivity contribution in [1.82, 2.24) is 25.5 Å². The van der Waals surface area contributed by atoms with E-state index in [1.807, 2.05) is 32.0 Å². The molecule has 21 heteroatoms. The highest BCUT2D eigenvalue weighted by Crippen LogP contribution is 2.41. The van der Waals surface area contributed by atoms with Crippen molar-refractivity contribution in [3.05, 3.63) is 97.1 Å². The molecule has 4 N–H and O–H groups in total. The van der Waals surface area contributed by atoms with Gasteiger partial charge in [0.15, 0.2) is 0 Å². The number of methoxy groups -OCH3 is 1. The first-order valence-corrected chi connectivity index (χ1v) is 22.0. The van der Waals surface area contributed by atoms with Gasteiger partial charge in [-0.1, -0.05) is 31.1 Å². The Morgan fingerprint density at radius 2 is 1.78 bits per heavy atom. The van der Waals surface area contributed by atoms with Crippen molar-refractivity contribution in [3.63, 3.8) is 0 Å².